The summed E-state index contributed by atoms with van der Waals surface area (Å²) in [5, 5.41) is -1.58. The van der Waals surface area contributed by atoms with Crippen LogP contribution >= 0.6 is 22.9 Å². The van der Waals surface area contributed by atoms with Gasteiger partial charge >= 0.3 is 0 Å². The Morgan fingerprint density at radius 1 is 1.03 bits per heavy atom. The molecule has 0 unspecified atom stereocenters. The molecule has 3 aromatic rings. The topological polar surface area (TPSA) is 68.7 Å². The minimum Gasteiger partial charge on any atom is -0.497 e. The smallest absolute Gasteiger partial charge is 0.269 e. The third-order valence-electron chi connectivity index (χ3n) is 3.96. The number of hydrogen-bond donors (Lipinski definition) is 0. The molecule has 0 saturated heterocycles. The molecule has 12 heteroatoms. The van der Waals surface area contributed by atoms with Crippen LogP contribution in [-0.2, 0) is 16.6 Å². The molecular weight excluding hydrogens is 465 g/mol. The number of aromatic nitrogens is 1. The third kappa shape index (κ3) is 4.47. The van der Waals surface area contributed by atoms with Gasteiger partial charge in [0, 0.05) is 12.1 Å². The van der Waals surface area contributed by atoms with Crippen molar-refractivity contribution in [1.29, 1.82) is 0 Å². The average molecular weight is 479 g/mol. The van der Waals surface area contributed by atoms with Crippen LogP contribution in [-0.4, -0.2) is 27.6 Å². The number of rotatable bonds is 7. The summed E-state index contributed by atoms with van der Waals surface area (Å²) in [6, 6.07) is 5.66. The molecule has 0 saturated carbocycles. The molecule has 0 N–H and O–H groups in total. The number of ether oxygens (including phenoxy) is 2. The molecule has 160 valence electrons. The monoisotopic (exact) mass is 478 g/mol. The predicted molar refractivity (Wildman–Crippen MR) is 106 cm³/mol. The lowest BCUT2D eigenvalue weighted by Gasteiger charge is -2.22. The molecule has 0 fully saturated rings. The van der Waals surface area contributed by atoms with Crippen molar-refractivity contribution in [1.82, 2.24) is 4.98 Å². The lowest BCUT2D eigenvalue weighted by molar-refractivity contribution is 0.393. The molecule has 0 bridgehead atoms. The zero-order valence-electron chi connectivity index (χ0n) is 15.5. The van der Waals surface area contributed by atoms with Gasteiger partial charge in [0.05, 0.1) is 32.0 Å². The number of sulfonamides is 1. The molecule has 1 aromatic heterocycles. The van der Waals surface area contributed by atoms with Crippen molar-refractivity contribution in [3.8, 4) is 11.5 Å². The second kappa shape index (κ2) is 8.70. The van der Waals surface area contributed by atoms with E-state index in [0.717, 1.165) is 6.20 Å². The van der Waals surface area contributed by atoms with Crippen LogP contribution in [0.25, 0.3) is 0 Å². The van der Waals surface area contributed by atoms with Crippen molar-refractivity contribution in [3.63, 3.8) is 0 Å². The molecule has 3 rings (SSSR count). The number of nitrogens with zero attached hydrogens (tertiary/aromatic N) is 2. The van der Waals surface area contributed by atoms with Crippen molar-refractivity contribution in [2.45, 2.75) is 11.4 Å². The Labute approximate surface area is 179 Å². The summed E-state index contributed by atoms with van der Waals surface area (Å²) in [6.07, 6.45) is 0.836. The van der Waals surface area contributed by atoms with E-state index in [4.69, 9.17) is 21.1 Å². The number of halogens is 4. The maximum absolute atomic E-state index is 14.3. The maximum Gasteiger partial charge on any atom is 0.269 e. The van der Waals surface area contributed by atoms with E-state index in [1.54, 1.807) is 6.07 Å². The molecule has 0 aliphatic carbocycles. The number of hydrogen-bond acceptors (Lipinski definition) is 6. The fraction of sp³-hybridized carbons (Fsp3) is 0.167. The fourth-order valence-electron chi connectivity index (χ4n) is 2.56. The first-order valence-electron chi connectivity index (χ1n) is 8.16. The second-order valence-corrected chi connectivity index (χ2v) is 9.07. The van der Waals surface area contributed by atoms with Crippen LogP contribution in [0.2, 0.25) is 5.02 Å². The second-order valence-electron chi connectivity index (χ2n) is 5.88. The van der Waals surface area contributed by atoms with E-state index in [0.29, 0.717) is 44.8 Å². The van der Waals surface area contributed by atoms with Crippen molar-refractivity contribution in [2.24, 2.45) is 0 Å². The summed E-state index contributed by atoms with van der Waals surface area (Å²) in [5.41, 5.74) is 0.388. The highest BCUT2D eigenvalue weighted by Gasteiger charge is 2.31. The van der Waals surface area contributed by atoms with Crippen molar-refractivity contribution in [3.05, 3.63) is 63.9 Å². The van der Waals surface area contributed by atoms with Crippen molar-refractivity contribution >= 4 is 38.1 Å². The van der Waals surface area contributed by atoms with Crippen LogP contribution in [0.15, 0.2) is 41.4 Å². The van der Waals surface area contributed by atoms with Crippen LogP contribution in [0, 0.1) is 16.8 Å². The lowest BCUT2D eigenvalue weighted by atomic mass is 10.2. The predicted octanol–water partition coefficient (Wildman–Crippen LogP) is 4.63. The summed E-state index contributed by atoms with van der Waals surface area (Å²) in [4.78, 5) is 2.88. The molecule has 2 aromatic carbocycles. The fourth-order valence-corrected chi connectivity index (χ4v) is 5.13. The standard InChI is InChI=1S/C18H14ClF3N2O4S2/c1-27-11-3-10(4-12(5-11)28-2)9-24(18-23-8-17(22)29-18)30(25,26)16-6-13(19)14(20)7-15(16)21/h3-8H,9H2,1-2H3. The minimum atomic E-state index is -4.64. The van der Waals surface area contributed by atoms with E-state index in [9.17, 15) is 21.6 Å². The van der Waals surface area contributed by atoms with Gasteiger partial charge in [0.25, 0.3) is 10.0 Å². The number of anilines is 1. The van der Waals surface area contributed by atoms with Crippen molar-refractivity contribution < 1.29 is 31.1 Å². The minimum absolute atomic E-state index is 0.255. The van der Waals surface area contributed by atoms with Crippen molar-refractivity contribution in [2.75, 3.05) is 18.5 Å². The molecular formula is C18H14ClF3N2O4S2. The Morgan fingerprint density at radius 2 is 1.67 bits per heavy atom. The molecule has 0 amide bonds. The van der Waals surface area contributed by atoms with Crippen LogP contribution < -0.4 is 13.8 Å². The van der Waals surface area contributed by atoms with E-state index in [-0.39, 0.29) is 11.7 Å². The molecule has 30 heavy (non-hydrogen) atoms. The summed E-state index contributed by atoms with van der Waals surface area (Å²) in [7, 11) is -1.81. The Hall–Kier alpha value is -2.50. The third-order valence-corrected chi connectivity index (χ3v) is 6.92. The highest BCUT2D eigenvalue weighted by Crippen LogP contribution is 2.33. The summed E-state index contributed by atoms with van der Waals surface area (Å²) in [5.74, 6) is -1.70. The number of thiazole rings is 1. The zero-order valence-corrected chi connectivity index (χ0v) is 17.9. The Morgan fingerprint density at radius 3 is 2.20 bits per heavy atom. The van der Waals surface area contributed by atoms with Gasteiger partial charge in [-0.3, -0.25) is 0 Å². The highest BCUT2D eigenvalue weighted by atomic mass is 35.5. The van der Waals surface area contributed by atoms with Gasteiger partial charge in [0.1, 0.15) is 28.0 Å². The Kier molecular flexibility index (Phi) is 6.44. The summed E-state index contributed by atoms with van der Waals surface area (Å²) >= 11 is 6.10. The van der Waals surface area contributed by atoms with Crippen LogP contribution in [0.3, 0.4) is 0 Å². The maximum atomic E-state index is 14.3. The quantitative estimate of drug-likeness (QED) is 0.463. The molecule has 0 radical (unpaired) electrons. The number of methoxy groups -OCH3 is 2. The van der Waals surface area contributed by atoms with Crippen LogP contribution in [0.5, 0.6) is 11.5 Å². The molecule has 0 spiro atoms. The lowest BCUT2D eigenvalue weighted by Crippen LogP contribution is -2.31. The largest absolute Gasteiger partial charge is 0.497 e. The Bertz CT molecular complexity index is 1170. The van der Waals surface area contributed by atoms with Gasteiger partial charge < -0.3 is 9.47 Å². The van der Waals surface area contributed by atoms with E-state index in [1.165, 1.54) is 26.4 Å². The van der Waals surface area contributed by atoms with Gasteiger partial charge in [0.15, 0.2) is 5.13 Å². The number of benzene rings is 2. The Balaban J connectivity index is 2.14. The SMILES string of the molecule is COc1cc(CN(c2ncc(F)s2)S(=O)(=O)c2cc(Cl)c(F)cc2F)cc(OC)c1. The first kappa shape index (κ1) is 22.2. The first-order chi connectivity index (χ1) is 14.1. The van der Waals surface area contributed by atoms with E-state index in [1.807, 2.05) is 0 Å². The normalized spacial score (nSPS) is 11.4. The van der Waals surface area contributed by atoms with Gasteiger partial charge in [0.2, 0.25) is 5.13 Å². The van der Waals surface area contributed by atoms with E-state index < -0.39 is 36.7 Å². The molecule has 1 heterocycles. The summed E-state index contributed by atoms with van der Waals surface area (Å²) in [6.45, 7) is -0.364. The highest BCUT2D eigenvalue weighted by molar-refractivity contribution is 7.93. The average Bonchev–Trinajstić information content (AvgIpc) is 3.14. The van der Waals surface area contributed by atoms with Gasteiger partial charge in [-0.25, -0.2) is 26.5 Å². The van der Waals surface area contributed by atoms with E-state index >= 15 is 0 Å². The zero-order chi connectivity index (χ0) is 22.1. The summed E-state index contributed by atoms with van der Waals surface area (Å²) < 4.78 is 79.0. The first-order valence-corrected chi connectivity index (χ1v) is 10.8. The van der Waals surface area contributed by atoms with E-state index in [2.05, 4.69) is 4.98 Å². The molecule has 6 nitrogen and oxygen atoms in total. The van der Waals surface area contributed by atoms with Gasteiger partial charge in [-0.1, -0.05) is 22.9 Å². The van der Waals surface area contributed by atoms with Gasteiger partial charge in [-0.05, 0) is 23.8 Å². The van der Waals surface area contributed by atoms with Gasteiger partial charge in [-0.2, -0.15) is 4.39 Å². The van der Waals surface area contributed by atoms with Crippen LogP contribution in [0.4, 0.5) is 18.3 Å². The molecule has 0 aliphatic heterocycles. The molecule has 0 atom stereocenters. The van der Waals surface area contributed by atoms with Gasteiger partial charge in [-0.15, -0.1) is 0 Å². The molecule has 0 aliphatic rings. The van der Waals surface area contributed by atoms with Crippen LogP contribution in [0.1, 0.15) is 5.56 Å².